The molecule has 9 heteroatoms. The Labute approximate surface area is 123 Å². The van der Waals surface area contributed by atoms with Gasteiger partial charge in [-0.3, -0.25) is 9.78 Å². The smallest absolute Gasteiger partial charge is 0.342 e. The van der Waals surface area contributed by atoms with Gasteiger partial charge < -0.3 is 9.84 Å². The van der Waals surface area contributed by atoms with E-state index in [-0.39, 0.29) is 5.82 Å². The lowest BCUT2D eigenvalue weighted by Crippen LogP contribution is -2.31. The number of hydrogen-bond donors (Lipinski definition) is 1. The highest BCUT2D eigenvalue weighted by molar-refractivity contribution is 5.95. The van der Waals surface area contributed by atoms with Gasteiger partial charge in [-0.1, -0.05) is 12.1 Å². The fraction of sp³-hybridized carbons (Fsp3) is 0.385. The molecule has 0 saturated carbocycles. The summed E-state index contributed by atoms with van der Waals surface area (Å²) in [4.78, 5) is 19.3. The largest absolute Gasteiger partial charge is 0.434 e. The first-order valence-electron chi connectivity index (χ1n) is 6.46. The normalized spacial score (nSPS) is 13.0. The Morgan fingerprint density at radius 1 is 1.45 bits per heavy atom. The Kier molecular flexibility index (Phi) is 4.43. The van der Waals surface area contributed by atoms with Crippen molar-refractivity contribution in [1.82, 2.24) is 20.4 Å². The van der Waals surface area contributed by atoms with Crippen molar-refractivity contribution in [3.8, 4) is 0 Å². The van der Waals surface area contributed by atoms with Crippen LogP contribution in [0.4, 0.5) is 13.2 Å². The lowest BCUT2D eigenvalue weighted by atomic mass is 10.1. The summed E-state index contributed by atoms with van der Waals surface area (Å²) in [6, 6.07) is 1.69. The van der Waals surface area contributed by atoms with Gasteiger partial charge in [-0.2, -0.15) is 18.2 Å². The number of aromatic nitrogens is 3. The molecule has 2 aromatic heterocycles. The maximum Gasteiger partial charge on any atom is 0.434 e. The van der Waals surface area contributed by atoms with Gasteiger partial charge in [-0.25, -0.2) is 0 Å². The van der Waals surface area contributed by atoms with Crippen LogP contribution in [0.25, 0.3) is 0 Å². The van der Waals surface area contributed by atoms with E-state index in [1.54, 1.807) is 13.8 Å². The average Bonchev–Trinajstić information content (AvgIpc) is 2.90. The van der Waals surface area contributed by atoms with Crippen molar-refractivity contribution >= 4 is 5.91 Å². The molecule has 0 spiro atoms. The molecule has 0 bridgehead atoms. The number of aryl methyl sites for hydroxylation is 1. The quantitative estimate of drug-likeness (QED) is 0.938. The number of pyridine rings is 1. The topological polar surface area (TPSA) is 80.9 Å². The maximum absolute atomic E-state index is 12.9. The van der Waals surface area contributed by atoms with E-state index in [1.165, 1.54) is 6.07 Å². The molecule has 0 aliphatic heterocycles. The predicted molar refractivity (Wildman–Crippen MR) is 68.8 cm³/mol. The molecule has 1 atom stereocenters. The van der Waals surface area contributed by atoms with E-state index in [1.807, 2.05) is 0 Å². The number of hydrogen-bond acceptors (Lipinski definition) is 5. The van der Waals surface area contributed by atoms with Crippen LogP contribution >= 0.6 is 0 Å². The second-order valence-corrected chi connectivity index (χ2v) is 4.50. The number of carbonyl (C=O) groups is 1. The van der Waals surface area contributed by atoms with Crippen LogP contribution in [0, 0.1) is 6.92 Å². The van der Waals surface area contributed by atoms with Gasteiger partial charge in [0.1, 0.15) is 0 Å². The minimum absolute atomic E-state index is 0.214. The van der Waals surface area contributed by atoms with Crippen LogP contribution in [0.3, 0.4) is 0 Å². The van der Waals surface area contributed by atoms with E-state index in [9.17, 15) is 18.0 Å². The highest BCUT2D eigenvalue weighted by Crippen LogP contribution is 2.30. The molecule has 0 unspecified atom stereocenters. The zero-order valence-corrected chi connectivity index (χ0v) is 11.8. The van der Waals surface area contributed by atoms with Crippen molar-refractivity contribution < 1.29 is 22.5 Å². The van der Waals surface area contributed by atoms with Gasteiger partial charge in [0, 0.05) is 13.1 Å². The van der Waals surface area contributed by atoms with Gasteiger partial charge in [-0.15, -0.1) is 0 Å². The summed E-state index contributed by atoms with van der Waals surface area (Å²) in [5.41, 5.74) is -1.78. The molecule has 1 amide bonds. The molecule has 6 nitrogen and oxygen atoms in total. The molecule has 0 aromatic carbocycles. The van der Waals surface area contributed by atoms with Crippen LogP contribution in [-0.4, -0.2) is 21.0 Å². The van der Waals surface area contributed by atoms with Crippen molar-refractivity contribution in [2.45, 2.75) is 32.5 Å². The maximum atomic E-state index is 12.9. The predicted octanol–water partition coefficient (Wildman–Crippen LogP) is 2.67. The molecular weight excluding hydrogens is 301 g/mol. The van der Waals surface area contributed by atoms with Crippen LogP contribution in [0.1, 0.15) is 47.2 Å². The van der Waals surface area contributed by atoms with Gasteiger partial charge in [0.25, 0.3) is 5.91 Å². The first-order chi connectivity index (χ1) is 10.3. The summed E-state index contributed by atoms with van der Waals surface area (Å²) < 4.78 is 43.4. The molecule has 0 saturated heterocycles. The summed E-state index contributed by atoms with van der Waals surface area (Å²) in [6.07, 6.45) is -3.33. The lowest BCUT2D eigenvalue weighted by Gasteiger charge is -2.15. The molecule has 118 valence electrons. The van der Waals surface area contributed by atoms with E-state index >= 15 is 0 Å². The van der Waals surface area contributed by atoms with E-state index < -0.39 is 29.4 Å². The second kappa shape index (κ2) is 6.12. The lowest BCUT2D eigenvalue weighted by molar-refractivity contribution is -0.141. The molecule has 2 rings (SSSR count). The van der Waals surface area contributed by atoms with E-state index in [4.69, 9.17) is 4.52 Å². The van der Waals surface area contributed by atoms with Crippen LogP contribution in [0.2, 0.25) is 0 Å². The molecule has 22 heavy (non-hydrogen) atoms. The first-order valence-corrected chi connectivity index (χ1v) is 6.46. The fourth-order valence-corrected chi connectivity index (χ4v) is 1.86. The SMILES string of the molecule is CC[C@H](NC(=O)c1cccnc1C(F)(F)F)c1noc(C)n1. The molecule has 0 aliphatic carbocycles. The number of alkyl halides is 3. The number of carbonyl (C=O) groups excluding carboxylic acids is 1. The number of halogens is 3. The highest BCUT2D eigenvalue weighted by atomic mass is 19.4. The van der Waals surface area contributed by atoms with Crippen molar-refractivity contribution in [2.24, 2.45) is 0 Å². The third kappa shape index (κ3) is 3.41. The van der Waals surface area contributed by atoms with Crippen molar-refractivity contribution in [3.05, 3.63) is 41.3 Å². The Bertz CT molecular complexity index is 669. The van der Waals surface area contributed by atoms with E-state index in [2.05, 4.69) is 20.4 Å². The van der Waals surface area contributed by atoms with Crippen molar-refractivity contribution in [2.75, 3.05) is 0 Å². The minimum atomic E-state index is -4.71. The number of rotatable bonds is 4. The van der Waals surface area contributed by atoms with Gasteiger partial charge in [0.05, 0.1) is 11.6 Å². The fourth-order valence-electron chi connectivity index (χ4n) is 1.86. The van der Waals surface area contributed by atoms with Gasteiger partial charge in [0.2, 0.25) is 5.89 Å². The zero-order chi connectivity index (χ0) is 16.3. The summed E-state index contributed by atoms with van der Waals surface area (Å²) in [5, 5.41) is 6.13. The van der Waals surface area contributed by atoms with Gasteiger partial charge in [-0.05, 0) is 18.6 Å². The van der Waals surface area contributed by atoms with Crippen molar-refractivity contribution in [1.29, 1.82) is 0 Å². The average molecular weight is 314 g/mol. The standard InChI is InChI=1S/C13H13F3N4O2/c1-3-9(11-18-7(2)22-20-11)19-12(21)8-5-4-6-17-10(8)13(14,15)16/h4-6,9H,3H2,1-2H3,(H,19,21)/t9-/m0/s1. The highest BCUT2D eigenvalue weighted by Gasteiger charge is 2.37. The molecule has 2 aromatic rings. The van der Waals surface area contributed by atoms with Crippen LogP contribution < -0.4 is 5.32 Å². The molecule has 0 radical (unpaired) electrons. The molecular formula is C13H13F3N4O2. The summed E-state index contributed by atoms with van der Waals surface area (Å²) in [5.74, 6) is -0.374. The monoisotopic (exact) mass is 314 g/mol. The second-order valence-electron chi connectivity index (χ2n) is 4.50. The Morgan fingerprint density at radius 2 is 2.18 bits per heavy atom. The number of nitrogens with zero attached hydrogens (tertiary/aromatic N) is 3. The van der Waals surface area contributed by atoms with Gasteiger partial charge >= 0.3 is 6.18 Å². The Balaban J connectivity index is 2.25. The summed E-state index contributed by atoms with van der Waals surface area (Å²) in [6.45, 7) is 3.32. The van der Waals surface area contributed by atoms with E-state index in [0.29, 0.717) is 12.3 Å². The molecule has 0 fully saturated rings. The summed E-state index contributed by atoms with van der Waals surface area (Å²) in [7, 11) is 0. The van der Waals surface area contributed by atoms with Gasteiger partial charge in [0.15, 0.2) is 11.5 Å². The Hall–Kier alpha value is -2.45. The number of amides is 1. The molecule has 1 N–H and O–H groups in total. The van der Waals surface area contributed by atoms with E-state index in [0.717, 1.165) is 12.3 Å². The van der Waals surface area contributed by atoms with Crippen LogP contribution in [0.15, 0.2) is 22.9 Å². The third-order valence-electron chi connectivity index (χ3n) is 2.89. The molecule has 2 heterocycles. The summed E-state index contributed by atoms with van der Waals surface area (Å²) >= 11 is 0. The minimum Gasteiger partial charge on any atom is -0.342 e. The van der Waals surface area contributed by atoms with Crippen LogP contribution in [0.5, 0.6) is 0 Å². The van der Waals surface area contributed by atoms with Crippen LogP contribution in [-0.2, 0) is 6.18 Å². The zero-order valence-electron chi connectivity index (χ0n) is 11.8. The molecule has 0 aliphatic rings. The first kappa shape index (κ1) is 15.9. The Morgan fingerprint density at radius 3 is 2.73 bits per heavy atom. The van der Waals surface area contributed by atoms with Crippen molar-refractivity contribution in [3.63, 3.8) is 0 Å². The number of nitrogens with one attached hydrogen (secondary N) is 1. The third-order valence-corrected chi connectivity index (χ3v) is 2.89.